The summed E-state index contributed by atoms with van der Waals surface area (Å²) in [5, 5.41) is 2.82. The molecule has 0 aliphatic carbocycles. The Morgan fingerprint density at radius 1 is 1.04 bits per heavy atom. The number of rotatable bonds is 7. The van der Waals surface area contributed by atoms with E-state index < -0.39 is 10.0 Å². The van der Waals surface area contributed by atoms with E-state index in [1.165, 1.54) is 10.4 Å². The number of nitrogens with one attached hydrogen (secondary N) is 1. The first-order valence-corrected chi connectivity index (χ1v) is 9.97. The molecular formula is C20H24N2O3S. The Morgan fingerprint density at radius 3 is 2.23 bits per heavy atom. The molecule has 138 valence electrons. The fraction of sp³-hybridized carbons (Fsp3) is 0.250. The number of carbonyl (C=O) groups excluding carboxylic acids is 1. The number of aryl methyl sites for hydroxylation is 1. The Kier molecular flexibility index (Phi) is 6.71. The number of para-hydroxylation sites is 1. The highest BCUT2D eigenvalue weighted by Crippen LogP contribution is 2.17. The molecule has 0 unspecified atom stereocenters. The van der Waals surface area contributed by atoms with Crippen molar-refractivity contribution < 1.29 is 13.2 Å². The van der Waals surface area contributed by atoms with Crippen molar-refractivity contribution in [1.82, 2.24) is 4.31 Å². The van der Waals surface area contributed by atoms with E-state index in [1.54, 1.807) is 30.3 Å². The molecule has 0 heterocycles. The van der Waals surface area contributed by atoms with E-state index in [2.05, 4.69) is 5.32 Å². The number of anilines is 1. The van der Waals surface area contributed by atoms with Crippen LogP contribution < -0.4 is 5.32 Å². The second kappa shape index (κ2) is 8.78. The van der Waals surface area contributed by atoms with Crippen LogP contribution in [0.4, 0.5) is 5.69 Å². The predicted molar refractivity (Wildman–Crippen MR) is 105 cm³/mol. The van der Waals surface area contributed by atoms with Crippen molar-refractivity contribution >= 4 is 27.7 Å². The lowest BCUT2D eigenvalue weighted by molar-refractivity contribution is -0.111. The summed E-state index contributed by atoms with van der Waals surface area (Å²) >= 11 is 0. The van der Waals surface area contributed by atoms with Crippen LogP contribution in [0.5, 0.6) is 0 Å². The standard InChI is InChI=1S/C20H24N2O3S/c1-4-22(5-2)26(24,25)18-13-10-17(11-14-18)12-15-20(23)21-19-9-7-6-8-16(19)3/h6-15H,4-5H2,1-3H3,(H,21,23). The third-order valence-electron chi connectivity index (χ3n) is 4.05. The molecular weight excluding hydrogens is 348 g/mol. The molecule has 5 nitrogen and oxygen atoms in total. The molecule has 0 aliphatic heterocycles. The van der Waals surface area contributed by atoms with Gasteiger partial charge in [0.2, 0.25) is 15.9 Å². The Morgan fingerprint density at radius 2 is 1.65 bits per heavy atom. The minimum absolute atomic E-state index is 0.237. The van der Waals surface area contributed by atoms with Gasteiger partial charge >= 0.3 is 0 Å². The van der Waals surface area contributed by atoms with Gasteiger partial charge in [-0.1, -0.05) is 44.2 Å². The monoisotopic (exact) mass is 372 g/mol. The lowest BCUT2D eigenvalue weighted by Crippen LogP contribution is -2.30. The predicted octanol–water partition coefficient (Wildman–Crippen LogP) is 3.68. The first-order chi connectivity index (χ1) is 12.4. The van der Waals surface area contributed by atoms with Gasteiger partial charge < -0.3 is 5.32 Å². The average Bonchev–Trinajstić information content (AvgIpc) is 2.63. The normalized spacial score (nSPS) is 11.8. The van der Waals surface area contributed by atoms with E-state index in [0.717, 1.165) is 16.8 Å². The summed E-state index contributed by atoms with van der Waals surface area (Å²) in [6.45, 7) is 6.41. The zero-order chi connectivity index (χ0) is 19.2. The first kappa shape index (κ1) is 19.9. The summed E-state index contributed by atoms with van der Waals surface area (Å²) in [4.78, 5) is 12.3. The van der Waals surface area contributed by atoms with Crippen molar-refractivity contribution in [1.29, 1.82) is 0 Å². The molecule has 0 spiro atoms. The zero-order valence-corrected chi connectivity index (χ0v) is 16.1. The van der Waals surface area contributed by atoms with Crippen molar-refractivity contribution in [2.75, 3.05) is 18.4 Å². The molecule has 0 radical (unpaired) electrons. The molecule has 2 aromatic rings. The van der Waals surface area contributed by atoms with Gasteiger partial charge in [-0.2, -0.15) is 4.31 Å². The van der Waals surface area contributed by atoms with Gasteiger partial charge in [-0.05, 0) is 42.3 Å². The van der Waals surface area contributed by atoms with Gasteiger partial charge in [0, 0.05) is 24.9 Å². The second-order valence-corrected chi connectivity index (χ2v) is 7.73. The van der Waals surface area contributed by atoms with Crippen LogP contribution in [-0.4, -0.2) is 31.7 Å². The van der Waals surface area contributed by atoms with Crippen LogP contribution in [0.25, 0.3) is 6.08 Å². The zero-order valence-electron chi connectivity index (χ0n) is 15.3. The summed E-state index contributed by atoms with van der Waals surface area (Å²) in [5.41, 5.74) is 2.51. The fourth-order valence-corrected chi connectivity index (χ4v) is 3.98. The Labute approximate surface area is 155 Å². The van der Waals surface area contributed by atoms with Gasteiger partial charge in [-0.15, -0.1) is 0 Å². The highest BCUT2D eigenvalue weighted by atomic mass is 32.2. The molecule has 0 aliphatic rings. The minimum Gasteiger partial charge on any atom is -0.322 e. The smallest absolute Gasteiger partial charge is 0.248 e. The second-order valence-electron chi connectivity index (χ2n) is 5.80. The number of hydrogen-bond acceptors (Lipinski definition) is 3. The lowest BCUT2D eigenvalue weighted by atomic mass is 10.2. The van der Waals surface area contributed by atoms with Crippen molar-refractivity contribution in [3.63, 3.8) is 0 Å². The van der Waals surface area contributed by atoms with Gasteiger partial charge in [0.1, 0.15) is 0 Å². The van der Waals surface area contributed by atoms with Crippen LogP contribution in [0.3, 0.4) is 0 Å². The molecule has 0 bridgehead atoms. The molecule has 6 heteroatoms. The van der Waals surface area contributed by atoms with Gasteiger partial charge in [0.15, 0.2) is 0 Å². The molecule has 0 aromatic heterocycles. The van der Waals surface area contributed by atoms with Gasteiger partial charge in [0.05, 0.1) is 4.90 Å². The highest BCUT2D eigenvalue weighted by molar-refractivity contribution is 7.89. The Bertz CT molecular complexity index is 884. The molecule has 0 saturated heterocycles. The Balaban J connectivity index is 2.08. The van der Waals surface area contributed by atoms with E-state index in [0.29, 0.717) is 13.1 Å². The maximum atomic E-state index is 12.5. The summed E-state index contributed by atoms with van der Waals surface area (Å²) in [7, 11) is -3.46. The minimum atomic E-state index is -3.46. The third-order valence-corrected chi connectivity index (χ3v) is 6.12. The van der Waals surface area contributed by atoms with Crippen LogP contribution in [0, 0.1) is 6.92 Å². The molecule has 1 amide bonds. The van der Waals surface area contributed by atoms with Crippen molar-refractivity contribution in [3.05, 3.63) is 65.7 Å². The highest BCUT2D eigenvalue weighted by Gasteiger charge is 2.20. The van der Waals surface area contributed by atoms with Gasteiger partial charge in [-0.3, -0.25) is 4.79 Å². The molecule has 2 rings (SSSR count). The lowest BCUT2D eigenvalue weighted by Gasteiger charge is -2.18. The van der Waals surface area contributed by atoms with Gasteiger partial charge in [0.25, 0.3) is 0 Å². The molecule has 0 atom stereocenters. The quantitative estimate of drug-likeness (QED) is 0.754. The van der Waals surface area contributed by atoms with Crippen molar-refractivity contribution in [2.24, 2.45) is 0 Å². The fourth-order valence-electron chi connectivity index (χ4n) is 2.52. The summed E-state index contributed by atoms with van der Waals surface area (Å²) in [5.74, 6) is -0.237. The molecule has 26 heavy (non-hydrogen) atoms. The number of carbonyl (C=O) groups is 1. The van der Waals surface area contributed by atoms with E-state index in [4.69, 9.17) is 0 Å². The topological polar surface area (TPSA) is 66.5 Å². The summed E-state index contributed by atoms with van der Waals surface area (Å²) in [6.07, 6.45) is 3.09. The maximum Gasteiger partial charge on any atom is 0.248 e. The average molecular weight is 372 g/mol. The van der Waals surface area contributed by atoms with Crippen LogP contribution >= 0.6 is 0 Å². The van der Waals surface area contributed by atoms with Crippen LogP contribution in [0.2, 0.25) is 0 Å². The van der Waals surface area contributed by atoms with Crippen LogP contribution in [-0.2, 0) is 14.8 Å². The molecule has 2 aromatic carbocycles. The van der Waals surface area contributed by atoms with E-state index in [-0.39, 0.29) is 10.8 Å². The van der Waals surface area contributed by atoms with E-state index in [1.807, 2.05) is 45.0 Å². The number of hydrogen-bond donors (Lipinski definition) is 1. The van der Waals surface area contributed by atoms with Crippen LogP contribution in [0.1, 0.15) is 25.0 Å². The van der Waals surface area contributed by atoms with E-state index >= 15 is 0 Å². The molecule has 0 fully saturated rings. The number of benzene rings is 2. The third kappa shape index (κ3) is 4.80. The number of nitrogens with zero attached hydrogens (tertiary/aromatic N) is 1. The molecule has 0 saturated carbocycles. The summed E-state index contributed by atoms with van der Waals surface area (Å²) in [6, 6.07) is 14.0. The van der Waals surface area contributed by atoms with Gasteiger partial charge in [-0.25, -0.2) is 8.42 Å². The Hall–Kier alpha value is -2.44. The summed E-state index contributed by atoms with van der Waals surface area (Å²) < 4.78 is 26.3. The SMILES string of the molecule is CCN(CC)S(=O)(=O)c1ccc(C=CC(=O)Nc2ccccc2C)cc1. The van der Waals surface area contributed by atoms with Crippen LogP contribution in [0.15, 0.2) is 59.5 Å². The first-order valence-electron chi connectivity index (χ1n) is 8.53. The molecule has 1 N–H and O–H groups in total. The van der Waals surface area contributed by atoms with Crippen molar-refractivity contribution in [2.45, 2.75) is 25.7 Å². The largest absolute Gasteiger partial charge is 0.322 e. The van der Waals surface area contributed by atoms with Crippen molar-refractivity contribution in [3.8, 4) is 0 Å². The number of sulfonamides is 1. The maximum absolute atomic E-state index is 12.5. The van der Waals surface area contributed by atoms with E-state index in [9.17, 15) is 13.2 Å². The number of amides is 1.